The summed E-state index contributed by atoms with van der Waals surface area (Å²) in [6, 6.07) is 15.0. The van der Waals surface area contributed by atoms with Crippen LogP contribution in [0.5, 0.6) is 11.5 Å². The second-order valence-electron chi connectivity index (χ2n) is 6.73. The Kier molecular flexibility index (Phi) is 5.24. The van der Waals surface area contributed by atoms with Gasteiger partial charge in [0.05, 0.1) is 0 Å². The number of halogens is 1. The van der Waals surface area contributed by atoms with Gasteiger partial charge in [0, 0.05) is 20.7 Å². The van der Waals surface area contributed by atoms with Gasteiger partial charge in [-0.25, -0.2) is 4.39 Å². The van der Waals surface area contributed by atoms with E-state index in [4.69, 9.17) is 10.5 Å². The normalized spacial score (nSPS) is 10.8. The Morgan fingerprint density at radius 1 is 1.06 bits per heavy atom. The Morgan fingerprint density at radius 2 is 1.81 bits per heavy atom. The van der Waals surface area contributed by atoms with E-state index in [-0.39, 0.29) is 11.2 Å². The molecule has 0 unspecified atom stereocenters. The van der Waals surface area contributed by atoms with Gasteiger partial charge in [0.25, 0.3) is 0 Å². The molecule has 0 spiro atoms. The van der Waals surface area contributed by atoms with E-state index in [1.165, 1.54) is 42.6 Å². The van der Waals surface area contributed by atoms with Gasteiger partial charge >= 0.3 is 13.2 Å². The molecule has 0 fully saturated rings. The molecular weight excluding hydrogens is 404 g/mol. The van der Waals surface area contributed by atoms with Crippen LogP contribution in [0, 0.1) is 5.82 Å². The zero-order valence-corrected chi connectivity index (χ0v) is 15.9. The molecule has 8 nitrogen and oxygen atoms in total. The lowest BCUT2D eigenvalue weighted by Crippen LogP contribution is -2.45. The minimum absolute atomic E-state index is 0.225. The van der Waals surface area contributed by atoms with Gasteiger partial charge < -0.3 is 25.6 Å². The van der Waals surface area contributed by atoms with Crippen LogP contribution in [0.1, 0.15) is 0 Å². The molecule has 0 atom stereocenters. The molecule has 0 aliphatic carbocycles. The summed E-state index contributed by atoms with van der Waals surface area (Å²) < 4.78 is 19.8. The summed E-state index contributed by atoms with van der Waals surface area (Å²) in [7, 11) is -1.71. The highest BCUT2D eigenvalue weighted by molar-refractivity contribution is 6.58. The van der Waals surface area contributed by atoms with Crippen molar-refractivity contribution in [3.63, 3.8) is 0 Å². The van der Waals surface area contributed by atoms with E-state index in [0.29, 0.717) is 38.2 Å². The van der Waals surface area contributed by atoms with Crippen LogP contribution in [0.4, 0.5) is 14.9 Å². The number of ether oxygens (including phenoxy) is 1. The molecule has 0 radical (unpaired) electrons. The van der Waals surface area contributed by atoms with Crippen LogP contribution in [0.3, 0.4) is 0 Å². The topological polar surface area (TPSA) is 130 Å². The maximum absolute atomic E-state index is 13.2. The molecule has 4 aromatic rings. The first-order chi connectivity index (χ1) is 14.8. The first-order valence-electron chi connectivity index (χ1n) is 9.11. The standard InChI is InChI=1S/C21H15BFN3O5/c23-14-3-5-15(6-4-14)31-20-8-2-13(22(29)30)10-17(20)12-1-7-16-18(24)11-26(21(27)28)25-19(16)9-12/h1-11,29-30H,(H2-,24,25,27,28)/p+1. The lowest BCUT2D eigenvalue weighted by molar-refractivity contribution is -0.643. The highest BCUT2D eigenvalue weighted by Crippen LogP contribution is 2.34. The number of carboxylic acid groups (broad SMARTS) is 1. The number of anilines is 1. The highest BCUT2D eigenvalue weighted by Gasteiger charge is 2.20. The number of nitrogens with two attached hydrogens (primary N) is 1. The number of nitrogens with zero attached hydrogens (tertiary/aromatic N) is 2. The molecule has 0 aliphatic heterocycles. The molecule has 1 aromatic heterocycles. The fraction of sp³-hybridized carbons (Fsp3) is 0. The van der Waals surface area contributed by atoms with E-state index in [1.807, 2.05) is 0 Å². The number of fused-ring (bicyclic) bond motifs is 1. The summed E-state index contributed by atoms with van der Waals surface area (Å²) in [5, 5.41) is 33.0. The van der Waals surface area contributed by atoms with Gasteiger partial charge in [-0.1, -0.05) is 18.2 Å². The third-order valence-electron chi connectivity index (χ3n) is 4.64. The lowest BCUT2D eigenvalue weighted by Gasteiger charge is -2.14. The second-order valence-corrected chi connectivity index (χ2v) is 6.73. The monoisotopic (exact) mass is 420 g/mol. The number of nitrogen functional groups attached to an aromatic ring is 1. The van der Waals surface area contributed by atoms with Gasteiger partial charge in [-0.2, -0.15) is 4.79 Å². The molecule has 0 saturated carbocycles. The van der Waals surface area contributed by atoms with Crippen LogP contribution in [0.2, 0.25) is 0 Å². The van der Waals surface area contributed by atoms with Crippen molar-refractivity contribution in [3.8, 4) is 22.6 Å². The molecule has 0 saturated heterocycles. The van der Waals surface area contributed by atoms with Crippen molar-refractivity contribution in [2.45, 2.75) is 0 Å². The van der Waals surface area contributed by atoms with E-state index in [1.54, 1.807) is 24.3 Å². The minimum atomic E-state index is -1.71. The van der Waals surface area contributed by atoms with Gasteiger partial charge in [-0.15, -0.1) is 0 Å². The summed E-state index contributed by atoms with van der Waals surface area (Å²) >= 11 is 0. The van der Waals surface area contributed by atoms with E-state index >= 15 is 0 Å². The maximum atomic E-state index is 13.2. The molecule has 5 N–H and O–H groups in total. The van der Waals surface area contributed by atoms with Crippen molar-refractivity contribution in [1.82, 2.24) is 5.10 Å². The summed E-state index contributed by atoms with van der Waals surface area (Å²) in [6.45, 7) is 0. The fourth-order valence-corrected chi connectivity index (χ4v) is 3.12. The SMILES string of the molecule is Nc1c[n+](C(=O)O)nc2cc(-c3cc(B(O)O)ccc3Oc3ccc(F)cc3)ccc12. The van der Waals surface area contributed by atoms with Crippen molar-refractivity contribution >= 4 is 35.3 Å². The van der Waals surface area contributed by atoms with Crippen LogP contribution in [0.25, 0.3) is 22.0 Å². The number of hydrogen-bond acceptors (Lipinski definition) is 6. The molecule has 31 heavy (non-hydrogen) atoms. The van der Waals surface area contributed by atoms with Crippen LogP contribution < -0.4 is 20.6 Å². The maximum Gasteiger partial charge on any atom is 0.626 e. The van der Waals surface area contributed by atoms with E-state index in [0.717, 1.165) is 0 Å². The Bertz CT molecular complexity index is 1300. The summed E-state index contributed by atoms with van der Waals surface area (Å²) in [6.07, 6.45) is -0.0828. The summed E-state index contributed by atoms with van der Waals surface area (Å²) in [4.78, 5) is 11.3. The average molecular weight is 420 g/mol. The molecule has 0 amide bonds. The number of rotatable bonds is 4. The third kappa shape index (κ3) is 4.15. The van der Waals surface area contributed by atoms with Gasteiger partial charge in [0.1, 0.15) is 28.5 Å². The fourth-order valence-electron chi connectivity index (χ4n) is 3.12. The molecule has 0 bridgehead atoms. The van der Waals surface area contributed by atoms with E-state index in [9.17, 15) is 24.3 Å². The Labute approximate surface area is 175 Å². The van der Waals surface area contributed by atoms with E-state index < -0.39 is 19.0 Å². The van der Waals surface area contributed by atoms with Gasteiger partial charge in [-0.3, -0.25) is 0 Å². The first-order valence-corrected chi connectivity index (χ1v) is 9.11. The second kappa shape index (κ2) is 8.02. The number of hydrogen-bond donors (Lipinski definition) is 4. The number of aromatic nitrogens is 2. The Morgan fingerprint density at radius 3 is 2.48 bits per heavy atom. The van der Waals surface area contributed by atoms with Crippen LogP contribution in [-0.4, -0.2) is 33.5 Å². The molecule has 3 aromatic carbocycles. The molecule has 154 valence electrons. The van der Waals surface area contributed by atoms with Crippen molar-refractivity contribution in [3.05, 3.63) is 72.7 Å². The Hall–Kier alpha value is -4.02. The molecule has 10 heteroatoms. The predicted molar refractivity (Wildman–Crippen MR) is 112 cm³/mol. The predicted octanol–water partition coefficient (Wildman–Crippen LogP) is 1.91. The van der Waals surface area contributed by atoms with Crippen LogP contribution in [-0.2, 0) is 0 Å². The zero-order chi connectivity index (χ0) is 22.1. The molecule has 1 heterocycles. The number of carbonyl (C=O) groups is 1. The molecular formula is C21H16BFN3O5+. The van der Waals surface area contributed by atoms with Crippen molar-refractivity contribution < 1.29 is 33.8 Å². The largest absolute Gasteiger partial charge is 0.626 e. The summed E-state index contributed by atoms with van der Waals surface area (Å²) in [5.74, 6) is 0.341. The highest BCUT2D eigenvalue weighted by atomic mass is 19.1. The molecule has 4 rings (SSSR count). The Balaban J connectivity index is 1.86. The zero-order valence-electron chi connectivity index (χ0n) is 15.9. The van der Waals surface area contributed by atoms with Crippen LogP contribution >= 0.6 is 0 Å². The third-order valence-corrected chi connectivity index (χ3v) is 4.64. The summed E-state index contributed by atoms with van der Waals surface area (Å²) in [5.41, 5.74) is 7.79. The van der Waals surface area contributed by atoms with Gasteiger partial charge in [-0.05, 0) is 53.5 Å². The number of benzene rings is 3. The van der Waals surface area contributed by atoms with Gasteiger partial charge in [0.2, 0.25) is 6.20 Å². The molecule has 0 aliphatic rings. The quantitative estimate of drug-likeness (QED) is 0.293. The first kappa shape index (κ1) is 20.3. The lowest BCUT2D eigenvalue weighted by atomic mass is 9.79. The van der Waals surface area contributed by atoms with E-state index in [2.05, 4.69) is 5.10 Å². The van der Waals surface area contributed by atoms with Gasteiger partial charge in [0.15, 0.2) is 0 Å². The minimum Gasteiger partial charge on any atom is -0.457 e. The van der Waals surface area contributed by atoms with Crippen LogP contribution in [0.15, 0.2) is 66.9 Å². The smallest absolute Gasteiger partial charge is 0.457 e. The van der Waals surface area contributed by atoms with Crippen molar-refractivity contribution in [2.75, 3.05) is 5.73 Å². The van der Waals surface area contributed by atoms with Crippen molar-refractivity contribution in [1.29, 1.82) is 0 Å². The average Bonchev–Trinajstić information content (AvgIpc) is 2.75. The van der Waals surface area contributed by atoms with Crippen molar-refractivity contribution in [2.24, 2.45) is 0 Å².